The third-order valence-corrected chi connectivity index (χ3v) is 8.89. The van der Waals surface area contributed by atoms with Gasteiger partial charge in [0.2, 0.25) is 10.0 Å². The van der Waals surface area contributed by atoms with Crippen LogP contribution in [0.4, 0.5) is 0 Å². The van der Waals surface area contributed by atoms with Crippen molar-refractivity contribution in [2.24, 2.45) is 7.05 Å². The fourth-order valence-electron chi connectivity index (χ4n) is 3.82. The first-order valence-electron chi connectivity index (χ1n) is 9.33. The lowest BCUT2D eigenvalue weighted by atomic mass is 10.2. The Morgan fingerprint density at radius 1 is 1.30 bits per heavy atom. The minimum atomic E-state index is -3.60. The predicted molar refractivity (Wildman–Crippen MR) is 102 cm³/mol. The molecule has 1 atom stereocenters. The standard InChI is InChI=1S/C17H27N3O5S2/c1-3-7-20(14-6-10-26(22,23)13-14)17(21)16-11-15(12-18(16)2)27(24,25)19-8-4-5-9-19/h11-12,14H,3-10,13H2,1-2H3. The number of aryl methyl sites for hydroxylation is 1. The number of hydrogen-bond acceptors (Lipinski definition) is 5. The number of carbonyl (C=O) groups excluding carboxylic acids is 1. The van der Waals surface area contributed by atoms with Gasteiger partial charge in [-0.15, -0.1) is 0 Å². The van der Waals surface area contributed by atoms with Crippen LogP contribution in [0, 0.1) is 0 Å². The van der Waals surface area contributed by atoms with Gasteiger partial charge in [-0.1, -0.05) is 6.92 Å². The highest BCUT2D eigenvalue weighted by molar-refractivity contribution is 7.91. The Bertz CT molecular complexity index is 914. The average molecular weight is 418 g/mol. The third kappa shape index (κ3) is 4.07. The molecule has 1 amide bonds. The Kier molecular flexibility index (Phi) is 5.69. The van der Waals surface area contributed by atoms with Crippen molar-refractivity contribution in [1.29, 1.82) is 0 Å². The van der Waals surface area contributed by atoms with Crippen molar-refractivity contribution in [1.82, 2.24) is 13.8 Å². The maximum Gasteiger partial charge on any atom is 0.270 e. The molecular weight excluding hydrogens is 390 g/mol. The molecule has 0 N–H and O–H groups in total. The largest absolute Gasteiger partial charge is 0.345 e. The topological polar surface area (TPSA) is 96.8 Å². The maximum absolute atomic E-state index is 13.1. The Labute approximate surface area is 161 Å². The van der Waals surface area contributed by atoms with Crippen LogP contribution in [-0.4, -0.2) is 73.7 Å². The highest BCUT2D eigenvalue weighted by Gasteiger charge is 2.36. The van der Waals surface area contributed by atoms with Gasteiger partial charge >= 0.3 is 0 Å². The fourth-order valence-corrected chi connectivity index (χ4v) is 7.14. The van der Waals surface area contributed by atoms with Crippen molar-refractivity contribution in [3.63, 3.8) is 0 Å². The second-order valence-corrected chi connectivity index (χ2v) is 11.5. The highest BCUT2D eigenvalue weighted by Crippen LogP contribution is 2.25. The summed E-state index contributed by atoms with van der Waals surface area (Å²) in [4.78, 5) is 14.8. The molecule has 2 fully saturated rings. The van der Waals surface area contributed by atoms with Gasteiger partial charge in [-0.05, 0) is 31.7 Å². The van der Waals surface area contributed by atoms with Gasteiger partial charge in [-0.25, -0.2) is 16.8 Å². The zero-order valence-electron chi connectivity index (χ0n) is 15.8. The van der Waals surface area contributed by atoms with Crippen molar-refractivity contribution < 1.29 is 21.6 Å². The molecule has 152 valence electrons. The second-order valence-electron chi connectivity index (χ2n) is 7.34. The molecule has 1 aromatic heterocycles. The molecule has 0 aliphatic carbocycles. The van der Waals surface area contributed by atoms with E-state index in [-0.39, 0.29) is 34.0 Å². The quantitative estimate of drug-likeness (QED) is 0.684. The van der Waals surface area contributed by atoms with E-state index in [2.05, 4.69) is 0 Å². The van der Waals surface area contributed by atoms with Gasteiger partial charge < -0.3 is 9.47 Å². The SMILES string of the molecule is CCCN(C(=O)c1cc(S(=O)(=O)N2CCCC2)cn1C)C1CCS(=O)(=O)C1. The summed E-state index contributed by atoms with van der Waals surface area (Å²) in [5.41, 5.74) is 0.269. The van der Waals surface area contributed by atoms with E-state index in [0.29, 0.717) is 32.5 Å². The lowest BCUT2D eigenvalue weighted by Gasteiger charge is -2.28. The Morgan fingerprint density at radius 3 is 2.52 bits per heavy atom. The van der Waals surface area contributed by atoms with Gasteiger partial charge in [-0.3, -0.25) is 4.79 Å². The number of aromatic nitrogens is 1. The van der Waals surface area contributed by atoms with E-state index in [1.807, 2.05) is 6.92 Å². The van der Waals surface area contributed by atoms with Crippen LogP contribution in [0.25, 0.3) is 0 Å². The summed E-state index contributed by atoms with van der Waals surface area (Å²) in [6.07, 6.45) is 4.29. The van der Waals surface area contributed by atoms with E-state index < -0.39 is 19.9 Å². The molecule has 2 aliphatic heterocycles. The van der Waals surface area contributed by atoms with Gasteiger partial charge in [0.15, 0.2) is 9.84 Å². The zero-order chi connectivity index (χ0) is 19.8. The molecule has 1 unspecified atom stereocenters. The van der Waals surface area contributed by atoms with Crippen LogP contribution in [0.2, 0.25) is 0 Å². The van der Waals surface area contributed by atoms with Gasteiger partial charge in [0.1, 0.15) is 10.6 Å². The number of sulfone groups is 1. The van der Waals surface area contributed by atoms with Crippen LogP contribution < -0.4 is 0 Å². The Balaban J connectivity index is 1.88. The summed E-state index contributed by atoms with van der Waals surface area (Å²) >= 11 is 0. The van der Waals surface area contributed by atoms with Gasteiger partial charge in [0, 0.05) is 38.9 Å². The summed E-state index contributed by atoms with van der Waals surface area (Å²) < 4.78 is 52.2. The van der Waals surface area contributed by atoms with Crippen LogP contribution in [-0.2, 0) is 26.9 Å². The lowest BCUT2D eigenvalue weighted by Crippen LogP contribution is -2.42. The molecule has 27 heavy (non-hydrogen) atoms. The van der Waals surface area contributed by atoms with E-state index in [1.54, 1.807) is 11.9 Å². The van der Waals surface area contributed by atoms with E-state index in [0.717, 1.165) is 12.8 Å². The number of sulfonamides is 1. The van der Waals surface area contributed by atoms with Crippen LogP contribution in [0.3, 0.4) is 0 Å². The van der Waals surface area contributed by atoms with Crippen molar-refractivity contribution in [3.05, 3.63) is 18.0 Å². The molecule has 0 bridgehead atoms. The molecule has 0 aromatic carbocycles. The monoisotopic (exact) mass is 417 g/mol. The lowest BCUT2D eigenvalue weighted by molar-refractivity contribution is 0.0687. The third-order valence-electron chi connectivity index (χ3n) is 5.28. The van der Waals surface area contributed by atoms with Crippen molar-refractivity contribution in [2.75, 3.05) is 31.1 Å². The van der Waals surface area contributed by atoms with Crippen molar-refractivity contribution in [2.45, 2.75) is 43.5 Å². The number of carbonyl (C=O) groups is 1. The maximum atomic E-state index is 13.1. The smallest absolute Gasteiger partial charge is 0.270 e. The Hall–Kier alpha value is -1.39. The van der Waals surface area contributed by atoms with Gasteiger partial charge in [0.25, 0.3) is 5.91 Å². The number of hydrogen-bond donors (Lipinski definition) is 0. The molecule has 0 spiro atoms. The second kappa shape index (κ2) is 7.56. The minimum Gasteiger partial charge on any atom is -0.345 e. The highest BCUT2D eigenvalue weighted by atomic mass is 32.2. The molecule has 3 rings (SSSR count). The van der Waals surface area contributed by atoms with Crippen LogP contribution in [0.5, 0.6) is 0 Å². The molecule has 0 saturated carbocycles. The fraction of sp³-hybridized carbons (Fsp3) is 0.706. The van der Waals surface area contributed by atoms with Crippen LogP contribution in [0.1, 0.15) is 43.1 Å². The van der Waals surface area contributed by atoms with Crippen LogP contribution >= 0.6 is 0 Å². The number of rotatable bonds is 6. The van der Waals surface area contributed by atoms with Gasteiger partial charge in [-0.2, -0.15) is 4.31 Å². The first kappa shape index (κ1) is 20.3. The zero-order valence-corrected chi connectivity index (χ0v) is 17.4. The summed E-state index contributed by atoms with van der Waals surface area (Å²) in [6, 6.07) is 1.07. The predicted octanol–water partition coefficient (Wildman–Crippen LogP) is 0.849. The average Bonchev–Trinajstić information content (AvgIpc) is 3.32. The molecular formula is C17H27N3O5S2. The normalized spacial score (nSPS) is 23.0. The van der Waals surface area contributed by atoms with E-state index in [9.17, 15) is 21.6 Å². The first-order chi connectivity index (χ1) is 12.7. The Morgan fingerprint density at radius 2 is 1.96 bits per heavy atom. The first-order valence-corrected chi connectivity index (χ1v) is 12.6. The van der Waals surface area contributed by atoms with E-state index in [1.165, 1.54) is 21.1 Å². The number of nitrogens with zero attached hydrogens (tertiary/aromatic N) is 3. The molecule has 0 radical (unpaired) electrons. The van der Waals surface area contributed by atoms with Crippen molar-refractivity contribution >= 4 is 25.8 Å². The number of amides is 1. The molecule has 1 aromatic rings. The van der Waals surface area contributed by atoms with Crippen LogP contribution in [0.15, 0.2) is 17.2 Å². The summed E-state index contributed by atoms with van der Waals surface area (Å²) in [7, 11) is -5.08. The molecule has 10 heteroatoms. The molecule has 2 saturated heterocycles. The summed E-state index contributed by atoms with van der Waals surface area (Å²) in [6.45, 7) is 3.38. The minimum absolute atomic E-state index is 0.0257. The van der Waals surface area contributed by atoms with E-state index in [4.69, 9.17) is 0 Å². The summed E-state index contributed by atoms with van der Waals surface area (Å²) in [5.74, 6) is -0.251. The molecule has 2 aliphatic rings. The molecule has 8 nitrogen and oxygen atoms in total. The van der Waals surface area contributed by atoms with Gasteiger partial charge in [0.05, 0.1) is 11.5 Å². The summed E-state index contributed by atoms with van der Waals surface area (Å²) in [5, 5.41) is 0. The molecule has 3 heterocycles. The van der Waals surface area contributed by atoms with E-state index >= 15 is 0 Å². The van der Waals surface area contributed by atoms with Crippen molar-refractivity contribution in [3.8, 4) is 0 Å².